The molecule has 5 aromatic carbocycles. The zero-order valence-electron chi connectivity index (χ0n) is 34.4. The topological polar surface area (TPSA) is 40.9 Å². The van der Waals surface area contributed by atoms with E-state index in [1.807, 2.05) is 18.2 Å². The van der Waals surface area contributed by atoms with Gasteiger partial charge >= 0.3 is 49.4 Å². The minimum Gasteiger partial charge on any atom is -0.194 e. The Morgan fingerprint density at radius 3 is 0.700 bits per heavy atom. The molecule has 0 unspecified atom stereocenters. The lowest BCUT2D eigenvalue weighted by molar-refractivity contribution is -0.144. The second kappa shape index (κ2) is 18.7. The first-order chi connectivity index (χ1) is 31.3. The Bertz CT molecular complexity index is 2360. The maximum atomic E-state index is 14.2. The number of alkyl halides is 24. The molecule has 0 atom stereocenters. The summed E-state index contributed by atoms with van der Waals surface area (Å²) in [6, 6.07) is 0.441. The van der Waals surface area contributed by atoms with Crippen LogP contribution in [0.25, 0.3) is 0 Å². The molecule has 0 radical (unpaired) electrons. The van der Waals surface area contributed by atoms with Gasteiger partial charge in [-0.2, -0.15) is 132 Å². The minimum atomic E-state index is -6.13. The van der Waals surface area contributed by atoms with E-state index in [0.717, 1.165) is 5.56 Å². The van der Waals surface area contributed by atoms with E-state index in [-0.39, 0.29) is 0 Å². The third kappa shape index (κ3) is 13.5. The average Bonchev–Trinajstić information content (AvgIpc) is 3.18. The van der Waals surface area contributed by atoms with Crippen molar-refractivity contribution in [2.45, 2.75) is 55.2 Å². The highest BCUT2D eigenvalue weighted by Crippen LogP contribution is 2.41. The standard InChI is InChI=1S/C32H12BF24.C10H12NOS/c34-25(35,36)13-1-14(26(37,38)39)6-21(5-13)33(22-7-15(27(40,41)42)2-16(8-22)28(43,44)45,23-9-17(29(46,47)48)3-18(10-23)30(49,50)51)24-11-19(31(52,53)54)4-20(12-24)32(55,56)57;1-13(2,12)8-10-5-3-9(7-11)4-6-10/h1-12H;3-6H,8H2,1-2H3/q-1;+1. The highest BCUT2D eigenvalue weighted by atomic mass is 32.2. The van der Waals surface area contributed by atoms with Crippen LogP contribution in [0.1, 0.15) is 55.6 Å². The van der Waals surface area contributed by atoms with Crippen LogP contribution in [-0.2, 0) is 69.3 Å². The lowest BCUT2D eigenvalue weighted by atomic mass is 9.12. The second-order valence-electron chi connectivity index (χ2n) is 15.6. The van der Waals surface area contributed by atoms with Crippen molar-refractivity contribution in [2.75, 3.05) is 12.5 Å². The SMILES string of the molecule is C[S+](C)(=O)Cc1ccc(C#N)cc1.FC(F)(F)c1cc([B-](c2cc(C(F)(F)F)cc(C(F)(F)F)c2)(c2cc(C(F)(F)F)cc(C(F)(F)F)c2)c2cc(C(F)(F)F)cc(C(F)(F)F)c2)cc(C(F)(F)F)c1. The predicted octanol–water partition coefficient (Wildman–Crippen LogP) is 13.0. The molecule has 0 aromatic heterocycles. The Morgan fingerprint density at radius 1 is 0.371 bits per heavy atom. The molecule has 0 N–H and O–H groups in total. The van der Waals surface area contributed by atoms with Gasteiger partial charge in [-0.25, -0.2) is 0 Å². The van der Waals surface area contributed by atoms with E-state index in [9.17, 15) is 110 Å². The first-order valence-electron chi connectivity index (χ1n) is 18.5. The molecule has 0 fully saturated rings. The van der Waals surface area contributed by atoms with Gasteiger partial charge in [-0.05, 0) is 36.4 Å². The molecule has 0 heterocycles. The molecule has 5 rings (SSSR count). The summed E-state index contributed by atoms with van der Waals surface area (Å²) in [6.07, 6.45) is -51.3. The molecule has 0 bridgehead atoms. The minimum absolute atomic E-state index is 0.582. The Labute approximate surface area is 378 Å². The normalized spacial score (nSPS) is 13.7. The smallest absolute Gasteiger partial charge is 0.194 e. The molecule has 0 aliphatic rings. The van der Waals surface area contributed by atoms with Crippen LogP contribution in [0, 0.1) is 11.3 Å². The van der Waals surface area contributed by atoms with Crippen molar-refractivity contribution in [3.8, 4) is 6.07 Å². The molecule has 380 valence electrons. The predicted molar refractivity (Wildman–Crippen MR) is 205 cm³/mol. The van der Waals surface area contributed by atoms with Crippen LogP contribution in [0.3, 0.4) is 0 Å². The number of hydrogen-bond donors (Lipinski definition) is 0. The van der Waals surface area contributed by atoms with Crippen molar-refractivity contribution in [3.05, 3.63) is 153 Å². The van der Waals surface area contributed by atoms with Gasteiger partial charge in [-0.15, -0.1) is 4.21 Å². The van der Waals surface area contributed by atoms with Crippen molar-refractivity contribution in [1.82, 2.24) is 0 Å². The molecular weight excluding hydrogens is 1030 g/mol. The molecule has 0 saturated carbocycles. The van der Waals surface area contributed by atoms with Crippen molar-refractivity contribution >= 4 is 37.9 Å². The Balaban J connectivity index is 0.000000707. The van der Waals surface area contributed by atoms with Crippen LogP contribution in [0.15, 0.2) is 97.1 Å². The van der Waals surface area contributed by atoms with E-state index in [4.69, 9.17) is 5.26 Å². The van der Waals surface area contributed by atoms with E-state index < -0.39 is 205 Å². The first kappa shape index (κ1) is 56.7. The fourth-order valence-corrected chi connectivity index (χ4v) is 8.14. The van der Waals surface area contributed by atoms with E-state index in [0.29, 0.717) is 11.3 Å². The van der Waals surface area contributed by atoms with Gasteiger partial charge in [0.05, 0.1) is 66.1 Å². The van der Waals surface area contributed by atoms with Gasteiger partial charge in [0.25, 0.3) is 0 Å². The van der Waals surface area contributed by atoms with Crippen molar-refractivity contribution in [2.24, 2.45) is 0 Å². The number of hydrogen-bond acceptors (Lipinski definition) is 2. The number of benzene rings is 5. The summed E-state index contributed by atoms with van der Waals surface area (Å²) in [4.78, 5) is 0. The summed E-state index contributed by atoms with van der Waals surface area (Å²) in [5, 5.41) is 8.55. The zero-order chi connectivity index (χ0) is 53.8. The number of halogens is 24. The molecule has 28 heteroatoms. The third-order valence-corrected chi connectivity index (χ3v) is 11.1. The maximum Gasteiger partial charge on any atom is 0.416 e. The molecule has 70 heavy (non-hydrogen) atoms. The summed E-state index contributed by atoms with van der Waals surface area (Å²) in [6.45, 7) is 0. The van der Waals surface area contributed by atoms with Crippen molar-refractivity contribution < 1.29 is 110 Å². The molecule has 0 saturated heterocycles. The summed E-state index contributed by atoms with van der Waals surface area (Å²) < 4.78 is 352. The van der Waals surface area contributed by atoms with Crippen LogP contribution >= 0.6 is 0 Å². The fraction of sp³-hybridized carbons (Fsp3) is 0.262. The molecule has 0 amide bonds. The van der Waals surface area contributed by atoms with Crippen LogP contribution < -0.4 is 21.9 Å². The van der Waals surface area contributed by atoms with Gasteiger partial charge in [0.2, 0.25) is 0 Å². The van der Waals surface area contributed by atoms with Gasteiger partial charge in [-0.3, -0.25) is 0 Å². The monoisotopic (exact) mass is 1060 g/mol. The first-order valence-corrected chi connectivity index (χ1v) is 21.1. The number of rotatable bonds is 6. The Hall–Kier alpha value is -5.88. The van der Waals surface area contributed by atoms with E-state index >= 15 is 0 Å². The highest BCUT2D eigenvalue weighted by Gasteiger charge is 2.47. The zero-order valence-corrected chi connectivity index (χ0v) is 35.2. The summed E-state index contributed by atoms with van der Waals surface area (Å²) >= 11 is 0. The summed E-state index contributed by atoms with van der Waals surface area (Å²) in [5.74, 6) is 0.582. The van der Waals surface area contributed by atoms with Gasteiger partial charge < -0.3 is 0 Å². The summed E-state index contributed by atoms with van der Waals surface area (Å²) in [5.41, 5.74) is -28.5. The summed E-state index contributed by atoms with van der Waals surface area (Å²) in [7, 11) is -1.73. The lowest BCUT2D eigenvalue weighted by Gasteiger charge is -2.46. The van der Waals surface area contributed by atoms with Crippen LogP contribution in [0.4, 0.5) is 105 Å². The van der Waals surface area contributed by atoms with Gasteiger partial charge in [-0.1, -0.05) is 60.7 Å². The molecule has 5 aromatic rings. The maximum absolute atomic E-state index is 14.2. The molecule has 2 nitrogen and oxygen atoms in total. The van der Waals surface area contributed by atoms with Gasteiger partial charge in [0.15, 0.2) is 0 Å². The van der Waals surface area contributed by atoms with Gasteiger partial charge in [0, 0.05) is 5.56 Å². The van der Waals surface area contributed by atoms with Crippen LogP contribution in [0.5, 0.6) is 0 Å². The molecule has 0 spiro atoms. The largest absolute Gasteiger partial charge is 0.416 e. The molecular formula is C42H24BF24NOS. The Morgan fingerprint density at radius 2 is 0.557 bits per heavy atom. The molecule has 0 aliphatic heterocycles. The van der Waals surface area contributed by atoms with E-state index in [1.165, 1.54) is 0 Å². The highest BCUT2D eigenvalue weighted by molar-refractivity contribution is 8.00. The third-order valence-electron chi connectivity index (χ3n) is 10.0. The van der Waals surface area contributed by atoms with Crippen molar-refractivity contribution in [1.29, 1.82) is 5.26 Å². The van der Waals surface area contributed by atoms with E-state index in [2.05, 4.69) is 0 Å². The quantitative estimate of drug-likeness (QED) is 0.0966. The molecule has 0 aliphatic carbocycles. The second-order valence-corrected chi connectivity index (χ2v) is 18.8. The number of nitriles is 1. The lowest BCUT2D eigenvalue weighted by Crippen LogP contribution is -2.75. The fourth-order valence-electron chi connectivity index (χ4n) is 7.15. The van der Waals surface area contributed by atoms with Crippen LogP contribution in [-0.4, -0.2) is 18.7 Å². The number of nitrogens with zero attached hydrogens (tertiary/aromatic N) is 1. The average molecular weight is 1060 g/mol. The van der Waals surface area contributed by atoms with Gasteiger partial charge in [0.1, 0.15) is 24.4 Å². The Kier molecular flexibility index (Phi) is 15.2. The van der Waals surface area contributed by atoms with E-state index in [1.54, 1.807) is 24.6 Å². The van der Waals surface area contributed by atoms with Crippen molar-refractivity contribution in [3.63, 3.8) is 0 Å². The van der Waals surface area contributed by atoms with Crippen LogP contribution in [0.2, 0.25) is 0 Å².